The number of hydrogen-bond acceptors (Lipinski definition) is 4. The molecular formula is C23H28N6O2. The van der Waals surface area contributed by atoms with E-state index in [0.717, 1.165) is 41.0 Å². The summed E-state index contributed by atoms with van der Waals surface area (Å²) in [6.07, 6.45) is 6.47. The van der Waals surface area contributed by atoms with Crippen molar-refractivity contribution < 1.29 is 9.59 Å². The first-order valence-electron chi connectivity index (χ1n) is 11.1. The normalized spacial score (nSPS) is 18.3. The van der Waals surface area contributed by atoms with Gasteiger partial charge in [0.1, 0.15) is 11.9 Å². The monoisotopic (exact) mass is 420 g/mol. The molecule has 0 spiro atoms. The van der Waals surface area contributed by atoms with Crippen LogP contribution in [0.15, 0.2) is 30.5 Å². The summed E-state index contributed by atoms with van der Waals surface area (Å²) in [5.41, 5.74) is 2.07. The molecule has 2 fully saturated rings. The van der Waals surface area contributed by atoms with E-state index in [1.165, 1.54) is 19.8 Å². The molecule has 1 saturated carbocycles. The Morgan fingerprint density at radius 3 is 2.68 bits per heavy atom. The number of carbonyl (C=O) groups is 2. The van der Waals surface area contributed by atoms with Crippen LogP contribution in [-0.2, 0) is 16.0 Å². The molecule has 8 nitrogen and oxygen atoms in total. The average Bonchev–Trinajstić information content (AvgIpc) is 3.37. The maximum atomic E-state index is 13.3. The summed E-state index contributed by atoms with van der Waals surface area (Å²) in [4.78, 5) is 34.9. The molecule has 0 radical (unpaired) electrons. The van der Waals surface area contributed by atoms with Crippen molar-refractivity contribution >= 4 is 22.7 Å². The molecule has 2 aromatic heterocycles. The molecule has 0 bridgehead atoms. The third kappa shape index (κ3) is 4.19. The lowest BCUT2D eigenvalue weighted by molar-refractivity contribution is -0.137. The Morgan fingerprint density at radius 1 is 1.16 bits per heavy atom. The molecule has 8 heteroatoms. The number of nitrogens with one attached hydrogen (secondary N) is 3. The quantitative estimate of drug-likeness (QED) is 0.570. The number of benzene rings is 1. The number of nitrogens with zero attached hydrogens (tertiary/aromatic N) is 3. The van der Waals surface area contributed by atoms with Crippen molar-refractivity contribution in [2.24, 2.45) is 0 Å². The van der Waals surface area contributed by atoms with Crippen molar-refractivity contribution in [3.63, 3.8) is 0 Å². The molecule has 2 amide bonds. The van der Waals surface area contributed by atoms with Gasteiger partial charge in [-0.25, -0.2) is 4.98 Å². The zero-order valence-electron chi connectivity index (χ0n) is 17.7. The predicted octanol–water partition coefficient (Wildman–Crippen LogP) is 2.62. The van der Waals surface area contributed by atoms with Crippen LogP contribution in [0.2, 0.25) is 0 Å². The number of fused-ring (bicyclic) bond motifs is 1. The fourth-order valence-corrected chi connectivity index (χ4v) is 4.55. The minimum absolute atomic E-state index is 0.0184. The van der Waals surface area contributed by atoms with Gasteiger partial charge in [-0.15, -0.1) is 0 Å². The van der Waals surface area contributed by atoms with Crippen LogP contribution in [0.5, 0.6) is 0 Å². The van der Waals surface area contributed by atoms with Crippen LogP contribution >= 0.6 is 0 Å². The molecule has 3 N–H and O–H groups in total. The Morgan fingerprint density at radius 2 is 1.94 bits per heavy atom. The average molecular weight is 421 g/mol. The predicted molar refractivity (Wildman–Crippen MR) is 117 cm³/mol. The van der Waals surface area contributed by atoms with Crippen molar-refractivity contribution in [2.45, 2.75) is 56.9 Å². The van der Waals surface area contributed by atoms with E-state index < -0.39 is 6.04 Å². The first-order valence-corrected chi connectivity index (χ1v) is 11.1. The summed E-state index contributed by atoms with van der Waals surface area (Å²) in [5.74, 6) is 2.52. The number of likely N-dealkylation sites (tertiary alicyclic amines) is 1. The molecule has 1 aliphatic heterocycles. The van der Waals surface area contributed by atoms with Crippen molar-refractivity contribution in [3.05, 3.63) is 47.7 Å². The molecule has 31 heavy (non-hydrogen) atoms. The van der Waals surface area contributed by atoms with Crippen LogP contribution in [0.3, 0.4) is 0 Å². The number of rotatable bonds is 6. The summed E-state index contributed by atoms with van der Waals surface area (Å²) in [5, 5.41) is 11.4. The topological polar surface area (TPSA) is 107 Å². The molecule has 1 aromatic carbocycles. The first-order chi connectivity index (χ1) is 15.1. The van der Waals surface area contributed by atoms with E-state index >= 15 is 0 Å². The molecule has 2 aliphatic rings. The zero-order chi connectivity index (χ0) is 21.4. The highest BCUT2D eigenvalue weighted by atomic mass is 16.2. The number of aromatic amines is 2. The highest BCUT2D eigenvalue weighted by molar-refractivity contribution is 5.89. The van der Waals surface area contributed by atoms with Crippen molar-refractivity contribution in [1.82, 2.24) is 30.4 Å². The maximum Gasteiger partial charge on any atom is 0.245 e. The van der Waals surface area contributed by atoms with E-state index in [2.05, 4.69) is 25.5 Å². The van der Waals surface area contributed by atoms with Gasteiger partial charge < -0.3 is 15.2 Å². The summed E-state index contributed by atoms with van der Waals surface area (Å²) in [6.45, 7) is 2.78. The van der Waals surface area contributed by atoms with Gasteiger partial charge in [0.05, 0.1) is 0 Å². The first kappa shape index (κ1) is 19.8. The van der Waals surface area contributed by atoms with Gasteiger partial charge in [-0.1, -0.05) is 18.2 Å². The summed E-state index contributed by atoms with van der Waals surface area (Å²) in [6, 6.07) is 7.44. The Kier molecular flexibility index (Phi) is 5.21. The maximum absolute atomic E-state index is 13.3. The van der Waals surface area contributed by atoms with Gasteiger partial charge in [-0.2, -0.15) is 5.10 Å². The molecule has 1 aliphatic carbocycles. The SMILES string of the molecule is CC(=O)NC(Cc1c[nH]c2ccccc12)C(=O)N1CCC(c2nc(C3CC3)n[nH]2)CC1. The van der Waals surface area contributed by atoms with Crippen LogP contribution in [0, 0.1) is 0 Å². The molecule has 1 atom stereocenters. The van der Waals surface area contributed by atoms with Crippen LogP contribution in [0.4, 0.5) is 0 Å². The minimum atomic E-state index is -0.569. The second-order valence-electron chi connectivity index (χ2n) is 8.77. The summed E-state index contributed by atoms with van der Waals surface area (Å²) >= 11 is 0. The fourth-order valence-electron chi connectivity index (χ4n) is 4.55. The zero-order valence-corrected chi connectivity index (χ0v) is 17.7. The van der Waals surface area contributed by atoms with Crippen LogP contribution < -0.4 is 5.32 Å². The van der Waals surface area contributed by atoms with E-state index in [9.17, 15) is 9.59 Å². The largest absolute Gasteiger partial charge is 0.361 e. The number of para-hydroxylation sites is 1. The lowest BCUT2D eigenvalue weighted by atomic mass is 9.95. The van der Waals surface area contributed by atoms with Crippen LogP contribution in [0.25, 0.3) is 10.9 Å². The Labute approximate surface area is 180 Å². The molecule has 1 saturated heterocycles. The Balaban J connectivity index is 1.25. The van der Waals surface area contributed by atoms with Crippen LogP contribution in [0.1, 0.15) is 61.7 Å². The third-order valence-corrected chi connectivity index (χ3v) is 6.43. The van der Waals surface area contributed by atoms with Gasteiger partial charge in [-0.05, 0) is 37.3 Å². The van der Waals surface area contributed by atoms with Gasteiger partial charge in [0.2, 0.25) is 11.8 Å². The fraction of sp³-hybridized carbons (Fsp3) is 0.478. The molecular weight excluding hydrogens is 392 g/mol. The highest BCUT2D eigenvalue weighted by Crippen LogP contribution is 2.38. The summed E-state index contributed by atoms with van der Waals surface area (Å²) in [7, 11) is 0. The van der Waals surface area contributed by atoms with Gasteiger partial charge in [0, 0.05) is 55.4 Å². The van der Waals surface area contributed by atoms with E-state index in [1.807, 2.05) is 35.4 Å². The number of aromatic nitrogens is 4. The van der Waals surface area contributed by atoms with Gasteiger partial charge in [-0.3, -0.25) is 14.7 Å². The van der Waals surface area contributed by atoms with Crippen molar-refractivity contribution in [1.29, 1.82) is 0 Å². The number of amides is 2. The highest BCUT2D eigenvalue weighted by Gasteiger charge is 2.32. The molecule has 3 heterocycles. The second kappa shape index (κ2) is 8.17. The molecule has 162 valence electrons. The molecule has 1 unspecified atom stereocenters. The molecule has 5 rings (SSSR count). The van der Waals surface area contributed by atoms with Crippen molar-refractivity contribution in [3.8, 4) is 0 Å². The van der Waals surface area contributed by atoms with Gasteiger partial charge in [0.25, 0.3) is 0 Å². The van der Waals surface area contributed by atoms with Crippen LogP contribution in [-0.4, -0.2) is 56.0 Å². The lowest BCUT2D eigenvalue weighted by Crippen LogP contribution is -2.51. The number of hydrogen-bond donors (Lipinski definition) is 3. The van der Waals surface area contributed by atoms with E-state index in [1.54, 1.807) is 0 Å². The van der Waals surface area contributed by atoms with E-state index in [0.29, 0.717) is 31.3 Å². The minimum Gasteiger partial charge on any atom is -0.361 e. The van der Waals surface area contributed by atoms with Gasteiger partial charge >= 0.3 is 0 Å². The Bertz CT molecular complexity index is 1090. The third-order valence-electron chi connectivity index (χ3n) is 6.43. The number of piperidine rings is 1. The molecule has 3 aromatic rings. The van der Waals surface area contributed by atoms with Gasteiger partial charge in [0.15, 0.2) is 5.82 Å². The Hall–Kier alpha value is -3.16. The smallest absolute Gasteiger partial charge is 0.245 e. The second-order valence-corrected chi connectivity index (χ2v) is 8.77. The number of H-pyrrole nitrogens is 2. The lowest BCUT2D eigenvalue weighted by Gasteiger charge is -2.33. The number of carbonyl (C=O) groups excluding carboxylic acids is 2. The standard InChI is InChI=1S/C23H28N6O2/c1-14(30)25-20(12-17-13-24-19-5-3-2-4-18(17)19)23(31)29-10-8-16(9-11-29)22-26-21(27-28-22)15-6-7-15/h2-5,13,15-16,20,24H,6-12H2,1H3,(H,25,30)(H,26,27,28). The van der Waals surface area contributed by atoms with E-state index in [4.69, 9.17) is 0 Å². The van der Waals surface area contributed by atoms with E-state index in [-0.39, 0.29) is 11.8 Å². The van der Waals surface area contributed by atoms with Crippen molar-refractivity contribution in [2.75, 3.05) is 13.1 Å². The summed E-state index contributed by atoms with van der Waals surface area (Å²) < 4.78 is 0.